The van der Waals surface area contributed by atoms with Crippen LogP contribution >= 0.6 is 0 Å². The summed E-state index contributed by atoms with van der Waals surface area (Å²) in [7, 11) is 0. The lowest BCUT2D eigenvalue weighted by molar-refractivity contribution is 1.00. The highest BCUT2D eigenvalue weighted by atomic mass is 15.2. The van der Waals surface area contributed by atoms with Crippen molar-refractivity contribution in [2.24, 2.45) is 0 Å². The van der Waals surface area contributed by atoms with Crippen molar-refractivity contribution >= 4 is 54.6 Å². The molecular formula is C42H26N6. The summed E-state index contributed by atoms with van der Waals surface area (Å²) in [6.45, 7) is 0. The van der Waals surface area contributed by atoms with E-state index in [4.69, 9.17) is 19.9 Å². The minimum absolute atomic E-state index is 0.562. The molecule has 0 spiro atoms. The Hall–Kier alpha value is -6.66. The summed E-state index contributed by atoms with van der Waals surface area (Å²) in [5.74, 6) is 1.19. The van der Waals surface area contributed by atoms with Gasteiger partial charge in [0.25, 0.3) is 0 Å². The van der Waals surface area contributed by atoms with E-state index in [1.165, 1.54) is 16.3 Å². The molecule has 10 rings (SSSR count). The summed E-state index contributed by atoms with van der Waals surface area (Å²) in [5, 5.41) is 5.51. The first-order chi connectivity index (χ1) is 23.8. The molecule has 0 atom stereocenters. The fourth-order valence-electron chi connectivity index (χ4n) is 7.12. The predicted octanol–water partition coefficient (Wildman–Crippen LogP) is 9.95. The second-order valence-corrected chi connectivity index (χ2v) is 11.9. The monoisotopic (exact) mass is 614 g/mol. The van der Waals surface area contributed by atoms with Crippen molar-refractivity contribution in [1.82, 2.24) is 29.1 Å². The molecule has 0 fully saturated rings. The molecule has 48 heavy (non-hydrogen) atoms. The van der Waals surface area contributed by atoms with Gasteiger partial charge in [-0.1, -0.05) is 121 Å². The van der Waals surface area contributed by atoms with Gasteiger partial charge in [0.2, 0.25) is 5.95 Å². The van der Waals surface area contributed by atoms with Gasteiger partial charge < -0.3 is 4.57 Å². The maximum Gasteiger partial charge on any atom is 0.237 e. The highest BCUT2D eigenvalue weighted by molar-refractivity contribution is 6.26. The first-order valence-electron chi connectivity index (χ1n) is 16.0. The number of hydrogen-bond donors (Lipinski definition) is 0. The van der Waals surface area contributed by atoms with Crippen molar-refractivity contribution < 1.29 is 0 Å². The molecule has 6 nitrogen and oxygen atoms in total. The molecule has 0 N–H and O–H groups in total. The summed E-state index contributed by atoms with van der Waals surface area (Å²) in [5.41, 5.74) is 8.81. The third-order valence-corrected chi connectivity index (χ3v) is 9.20. The lowest BCUT2D eigenvalue weighted by Crippen LogP contribution is -2.05. The van der Waals surface area contributed by atoms with Crippen LogP contribution in [0.25, 0.3) is 88.9 Å². The molecule has 0 radical (unpaired) electrons. The second kappa shape index (κ2) is 10.4. The van der Waals surface area contributed by atoms with Crippen LogP contribution in [0, 0.1) is 0 Å². The molecule has 10 aromatic rings. The Morgan fingerprint density at radius 1 is 0.417 bits per heavy atom. The van der Waals surface area contributed by atoms with Crippen LogP contribution in [0.2, 0.25) is 0 Å². The Bertz CT molecular complexity index is 2820. The highest BCUT2D eigenvalue weighted by Gasteiger charge is 2.23. The summed E-state index contributed by atoms with van der Waals surface area (Å²) in [6, 6.07) is 52.5. The van der Waals surface area contributed by atoms with Crippen LogP contribution in [0.3, 0.4) is 0 Å². The second-order valence-electron chi connectivity index (χ2n) is 11.9. The Kier molecular flexibility index (Phi) is 5.77. The van der Waals surface area contributed by atoms with E-state index < -0.39 is 0 Å². The number of aromatic nitrogens is 6. The number of hydrogen-bond acceptors (Lipinski definition) is 4. The van der Waals surface area contributed by atoms with E-state index in [1.807, 2.05) is 54.7 Å². The lowest BCUT2D eigenvalue weighted by Gasteiger charge is -2.12. The van der Waals surface area contributed by atoms with Gasteiger partial charge in [0.15, 0.2) is 11.5 Å². The topological polar surface area (TPSA) is 61.4 Å². The summed E-state index contributed by atoms with van der Waals surface area (Å²) in [4.78, 5) is 20.2. The summed E-state index contributed by atoms with van der Waals surface area (Å²) in [6.07, 6.45) is 1.85. The maximum absolute atomic E-state index is 5.28. The first kappa shape index (κ1) is 26.5. The molecule has 0 saturated carbocycles. The number of rotatable bonds is 4. The van der Waals surface area contributed by atoms with Gasteiger partial charge in [-0.2, -0.15) is 4.98 Å². The van der Waals surface area contributed by atoms with E-state index in [1.54, 1.807) is 0 Å². The number of benzene rings is 6. The van der Waals surface area contributed by atoms with Gasteiger partial charge in [0.05, 0.1) is 33.1 Å². The fourth-order valence-corrected chi connectivity index (χ4v) is 7.12. The maximum atomic E-state index is 5.28. The Morgan fingerprint density at radius 3 is 1.79 bits per heavy atom. The molecule has 4 heterocycles. The van der Waals surface area contributed by atoms with Gasteiger partial charge in [-0.05, 0) is 30.3 Å². The summed E-state index contributed by atoms with van der Waals surface area (Å²) < 4.78 is 4.58. The molecule has 6 aromatic carbocycles. The minimum Gasteiger partial charge on any atom is -0.309 e. The van der Waals surface area contributed by atoms with Gasteiger partial charge in [0.1, 0.15) is 0 Å². The van der Waals surface area contributed by atoms with Crippen LogP contribution in [0.15, 0.2) is 158 Å². The zero-order valence-electron chi connectivity index (χ0n) is 25.7. The molecule has 224 valence electrons. The van der Waals surface area contributed by atoms with Gasteiger partial charge in [-0.3, -0.25) is 4.57 Å². The van der Waals surface area contributed by atoms with Crippen molar-refractivity contribution in [3.63, 3.8) is 0 Å². The molecule has 0 unspecified atom stereocenters. The number of fused-ring (bicyclic) bond motifs is 8. The lowest BCUT2D eigenvalue weighted by atomic mass is 10.1. The average molecular weight is 615 g/mol. The van der Waals surface area contributed by atoms with Crippen molar-refractivity contribution in [2.45, 2.75) is 0 Å². The van der Waals surface area contributed by atoms with Crippen LogP contribution in [0.5, 0.6) is 0 Å². The number of para-hydroxylation sites is 3. The zero-order valence-corrected chi connectivity index (χ0v) is 25.7. The molecule has 0 saturated heterocycles. The highest BCUT2D eigenvalue weighted by Crippen LogP contribution is 2.42. The predicted molar refractivity (Wildman–Crippen MR) is 195 cm³/mol. The van der Waals surface area contributed by atoms with Gasteiger partial charge in [-0.25, -0.2) is 15.0 Å². The molecular weight excluding hydrogens is 589 g/mol. The van der Waals surface area contributed by atoms with Crippen LogP contribution < -0.4 is 0 Å². The third-order valence-electron chi connectivity index (χ3n) is 9.20. The fraction of sp³-hybridized carbons (Fsp3) is 0. The van der Waals surface area contributed by atoms with Crippen LogP contribution in [0.1, 0.15) is 0 Å². The third kappa shape index (κ3) is 3.93. The van der Waals surface area contributed by atoms with Crippen molar-refractivity contribution in [3.05, 3.63) is 158 Å². The molecule has 0 amide bonds. The van der Waals surface area contributed by atoms with Gasteiger partial charge in [-0.15, -0.1) is 0 Å². The van der Waals surface area contributed by atoms with E-state index in [0.29, 0.717) is 17.4 Å². The van der Waals surface area contributed by atoms with Crippen LogP contribution in [-0.4, -0.2) is 29.1 Å². The summed E-state index contributed by atoms with van der Waals surface area (Å²) >= 11 is 0. The molecule has 6 heteroatoms. The standard InChI is InChI=1S/C42H26N6/c1-4-14-27(15-5-1)38-33-26-43-40(28-16-6-2-7-17-28)45-41(33)46-42(44-38)48-35-23-13-11-21-32(35)37-36(48)25-24-31-30-20-10-12-22-34(30)47(39(31)37)29-18-8-3-9-19-29/h1-26H. The van der Waals surface area contributed by atoms with Gasteiger partial charge >= 0.3 is 0 Å². The first-order valence-corrected chi connectivity index (χ1v) is 16.0. The molecule has 4 aromatic heterocycles. The van der Waals surface area contributed by atoms with Crippen molar-refractivity contribution in [1.29, 1.82) is 0 Å². The Morgan fingerprint density at radius 2 is 1.04 bits per heavy atom. The van der Waals surface area contributed by atoms with Crippen molar-refractivity contribution in [2.75, 3.05) is 0 Å². The van der Waals surface area contributed by atoms with E-state index in [-0.39, 0.29) is 0 Å². The molecule has 0 aliphatic carbocycles. The number of nitrogens with zero attached hydrogens (tertiary/aromatic N) is 6. The molecule has 0 bridgehead atoms. The Labute approximate surface area is 275 Å². The minimum atomic E-state index is 0.562. The molecule has 0 aliphatic rings. The zero-order chi connectivity index (χ0) is 31.6. The average Bonchev–Trinajstić information content (AvgIpc) is 3.68. The smallest absolute Gasteiger partial charge is 0.237 e. The van der Waals surface area contributed by atoms with E-state index >= 15 is 0 Å². The van der Waals surface area contributed by atoms with Gasteiger partial charge in [0, 0.05) is 44.6 Å². The quantitative estimate of drug-likeness (QED) is 0.198. The van der Waals surface area contributed by atoms with E-state index in [0.717, 1.165) is 55.2 Å². The van der Waals surface area contributed by atoms with Crippen LogP contribution in [-0.2, 0) is 0 Å². The SMILES string of the molecule is c1ccc(-c2ncc3c(-c4ccccc4)nc(-n4c5ccccc5c5c4ccc4c6ccccc6n(-c6ccccc6)c45)nc3n2)cc1. The normalized spacial score (nSPS) is 11.8. The van der Waals surface area contributed by atoms with E-state index in [2.05, 4.69) is 112 Å². The van der Waals surface area contributed by atoms with Crippen LogP contribution in [0.4, 0.5) is 0 Å². The molecule has 0 aliphatic heterocycles. The Balaban J connectivity index is 1.34. The largest absolute Gasteiger partial charge is 0.309 e. The van der Waals surface area contributed by atoms with E-state index in [9.17, 15) is 0 Å². The van der Waals surface area contributed by atoms with Crippen molar-refractivity contribution in [3.8, 4) is 34.3 Å².